The minimum atomic E-state index is -0.657. The van der Waals surface area contributed by atoms with E-state index in [0.717, 1.165) is 24.7 Å². The number of hydrogen-bond donors (Lipinski definition) is 0. The van der Waals surface area contributed by atoms with Crippen molar-refractivity contribution in [3.8, 4) is 0 Å². The standard InChI is InChI=1S/C24H32ClF3/c25-24-22(27)15-19(16-23(24)28)5-4-18-8-12-21(13-9-18)20-10-6-17(7-11-20)3-1-2-14-26/h1,3,15-18,20-21H,2,4-14H2/t17-,18-,20-,21-. The van der Waals surface area contributed by atoms with Crippen LogP contribution in [0.25, 0.3) is 0 Å². The van der Waals surface area contributed by atoms with Crippen LogP contribution in [0.3, 0.4) is 0 Å². The highest BCUT2D eigenvalue weighted by Gasteiger charge is 2.30. The Morgan fingerprint density at radius 1 is 0.893 bits per heavy atom. The fourth-order valence-corrected chi connectivity index (χ4v) is 5.34. The van der Waals surface area contributed by atoms with Gasteiger partial charge >= 0.3 is 0 Å². The number of halogens is 4. The Labute approximate surface area is 172 Å². The number of allylic oxidation sites excluding steroid dienone is 2. The van der Waals surface area contributed by atoms with E-state index in [1.54, 1.807) is 0 Å². The molecule has 1 aromatic carbocycles. The second-order valence-electron chi connectivity index (χ2n) is 8.77. The maximum atomic E-state index is 13.6. The first-order valence-electron chi connectivity index (χ1n) is 10.9. The topological polar surface area (TPSA) is 0 Å². The van der Waals surface area contributed by atoms with Gasteiger partial charge in [0.15, 0.2) is 0 Å². The highest BCUT2D eigenvalue weighted by atomic mass is 35.5. The van der Waals surface area contributed by atoms with E-state index < -0.39 is 16.7 Å². The first-order chi connectivity index (χ1) is 13.6. The van der Waals surface area contributed by atoms with Crippen LogP contribution in [0.1, 0.15) is 69.8 Å². The van der Waals surface area contributed by atoms with Gasteiger partial charge in [0.2, 0.25) is 0 Å². The second kappa shape index (κ2) is 10.7. The molecule has 0 atom stereocenters. The van der Waals surface area contributed by atoms with Crippen LogP contribution in [-0.4, -0.2) is 6.67 Å². The van der Waals surface area contributed by atoms with E-state index >= 15 is 0 Å². The molecule has 156 valence electrons. The van der Waals surface area contributed by atoms with Gasteiger partial charge in [-0.3, -0.25) is 4.39 Å². The monoisotopic (exact) mass is 412 g/mol. The molecule has 0 aliphatic heterocycles. The summed E-state index contributed by atoms with van der Waals surface area (Å²) >= 11 is 5.56. The summed E-state index contributed by atoms with van der Waals surface area (Å²) < 4.78 is 39.4. The van der Waals surface area contributed by atoms with Gasteiger partial charge in [-0.25, -0.2) is 8.78 Å². The number of hydrogen-bond acceptors (Lipinski definition) is 0. The molecule has 0 radical (unpaired) electrons. The largest absolute Gasteiger partial charge is 0.251 e. The Kier molecular flexibility index (Phi) is 8.32. The van der Waals surface area contributed by atoms with Crippen LogP contribution < -0.4 is 0 Å². The normalized spacial score (nSPS) is 28.7. The quantitative estimate of drug-likeness (QED) is 0.313. The van der Waals surface area contributed by atoms with Crippen molar-refractivity contribution in [2.45, 2.75) is 70.6 Å². The molecule has 0 unspecified atom stereocenters. The summed E-state index contributed by atoms with van der Waals surface area (Å²) in [6.45, 7) is -0.253. The number of alkyl halides is 1. The molecule has 0 amide bonds. The summed E-state index contributed by atoms with van der Waals surface area (Å²) in [7, 11) is 0. The lowest BCUT2D eigenvalue weighted by atomic mass is 9.68. The number of benzene rings is 1. The molecule has 0 aromatic heterocycles. The predicted molar refractivity (Wildman–Crippen MR) is 110 cm³/mol. The molecule has 0 heterocycles. The SMILES string of the molecule is FCCC=C[C@H]1CC[C@H]([C@H]2CC[C@H](CCc3cc(F)c(Cl)c(F)c3)CC2)CC1. The predicted octanol–water partition coefficient (Wildman–Crippen LogP) is 8.08. The van der Waals surface area contributed by atoms with Gasteiger partial charge < -0.3 is 0 Å². The van der Waals surface area contributed by atoms with Crippen LogP contribution in [0, 0.1) is 35.3 Å². The van der Waals surface area contributed by atoms with Crippen LogP contribution in [0.15, 0.2) is 24.3 Å². The molecule has 0 saturated heterocycles. The first-order valence-corrected chi connectivity index (χ1v) is 11.3. The van der Waals surface area contributed by atoms with E-state index in [1.165, 1.54) is 63.5 Å². The zero-order chi connectivity index (χ0) is 19.9. The van der Waals surface area contributed by atoms with Crippen molar-refractivity contribution in [3.63, 3.8) is 0 Å². The van der Waals surface area contributed by atoms with E-state index in [0.29, 0.717) is 23.8 Å². The Balaban J connectivity index is 1.38. The molecule has 1 aromatic rings. The third kappa shape index (κ3) is 6.02. The minimum absolute atomic E-state index is 0.253. The van der Waals surface area contributed by atoms with Gasteiger partial charge in [-0.1, -0.05) is 36.6 Å². The molecule has 0 nitrogen and oxygen atoms in total. The molecule has 2 fully saturated rings. The van der Waals surface area contributed by atoms with Gasteiger partial charge in [-0.15, -0.1) is 0 Å². The van der Waals surface area contributed by atoms with Crippen molar-refractivity contribution in [1.29, 1.82) is 0 Å². The molecule has 2 aliphatic rings. The van der Waals surface area contributed by atoms with E-state index in [1.807, 2.05) is 6.08 Å². The van der Waals surface area contributed by atoms with Gasteiger partial charge in [0.1, 0.15) is 16.7 Å². The minimum Gasteiger partial charge on any atom is -0.251 e. The fourth-order valence-electron chi connectivity index (χ4n) is 5.23. The molecule has 3 rings (SSSR count). The summed E-state index contributed by atoms with van der Waals surface area (Å²) in [6.07, 6.45) is 16.7. The second-order valence-corrected chi connectivity index (χ2v) is 9.15. The van der Waals surface area contributed by atoms with Crippen molar-refractivity contribution in [3.05, 3.63) is 46.5 Å². The molecule has 0 N–H and O–H groups in total. The molecular weight excluding hydrogens is 381 g/mol. The molecule has 2 aliphatic carbocycles. The summed E-state index contributed by atoms with van der Waals surface area (Å²) in [6, 6.07) is 2.75. The van der Waals surface area contributed by atoms with Crippen LogP contribution in [-0.2, 0) is 6.42 Å². The van der Waals surface area contributed by atoms with Crippen molar-refractivity contribution in [2.75, 3.05) is 6.67 Å². The Morgan fingerprint density at radius 2 is 1.46 bits per heavy atom. The average Bonchev–Trinajstić information content (AvgIpc) is 2.71. The van der Waals surface area contributed by atoms with Crippen LogP contribution in [0.5, 0.6) is 0 Å². The summed E-state index contributed by atoms with van der Waals surface area (Å²) in [5.41, 5.74) is 0.709. The van der Waals surface area contributed by atoms with Gasteiger partial charge in [0, 0.05) is 0 Å². The van der Waals surface area contributed by atoms with Gasteiger partial charge in [0.25, 0.3) is 0 Å². The van der Waals surface area contributed by atoms with Crippen molar-refractivity contribution in [1.82, 2.24) is 0 Å². The molecule has 28 heavy (non-hydrogen) atoms. The van der Waals surface area contributed by atoms with Gasteiger partial charge in [-0.2, -0.15) is 0 Å². The van der Waals surface area contributed by atoms with Gasteiger partial charge in [-0.05, 0) is 99.2 Å². The fraction of sp³-hybridized carbons (Fsp3) is 0.667. The van der Waals surface area contributed by atoms with Crippen molar-refractivity contribution < 1.29 is 13.2 Å². The van der Waals surface area contributed by atoms with E-state index in [2.05, 4.69) is 6.08 Å². The smallest absolute Gasteiger partial charge is 0.145 e. The maximum absolute atomic E-state index is 13.6. The Morgan fingerprint density at radius 3 is 2.04 bits per heavy atom. The van der Waals surface area contributed by atoms with Crippen LogP contribution >= 0.6 is 11.6 Å². The zero-order valence-electron chi connectivity index (χ0n) is 16.6. The van der Waals surface area contributed by atoms with E-state index in [-0.39, 0.29) is 6.67 Å². The highest BCUT2D eigenvalue weighted by molar-refractivity contribution is 6.30. The lowest BCUT2D eigenvalue weighted by Crippen LogP contribution is -2.25. The third-order valence-electron chi connectivity index (χ3n) is 6.94. The molecule has 0 spiro atoms. The third-order valence-corrected chi connectivity index (χ3v) is 7.30. The van der Waals surface area contributed by atoms with Crippen molar-refractivity contribution >= 4 is 11.6 Å². The molecule has 0 bridgehead atoms. The number of aryl methyl sites for hydroxylation is 1. The van der Waals surface area contributed by atoms with Crippen LogP contribution in [0.4, 0.5) is 13.2 Å². The van der Waals surface area contributed by atoms with E-state index in [9.17, 15) is 13.2 Å². The molecule has 4 heteroatoms. The first kappa shape index (κ1) is 21.7. The summed E-state index contributed by atoms with van der Waals surface area (Å²) in [4.78, 5) is 0. The highest BCUT2D eigenvalue weighted by Crippen LogP contribution is 2.42. The molecular formula is C24H32ClF3. The zero-order valence-corrected chi connectivity index (χ0v) is 17.4. The van der Waals surface area contributed by atoms with Gasteiger partial charge in [0.05, 0.1) is 6.67 Å². The lowest BCUT2D eigenvalue weighted by molar-refractivity contribution is 0.152. The van der Waals surface area contributed by atoms with E-state index in [4.69, 9.17) is 11.6 Å². The summed E-state index contributed by atoms with van der Waals surface area (Å²) in [5.74, 6) is 1.70. The summed E-state index contributed by atoms with van der Waals surface area (Å²) in [5, 5.41) is -0.406. The Bertz CT molecular complexity index is 618. The van der Waals surface area contributed by atoms with Crippen LogP contribution in [0.2, 0.25) is 5.02 Å². The average molecular weight is 413 g/mol. The Hall–Kier alpha value is -0.960. The lowest BCUT2D eigenvalue weighted by Gasteiger charge is -2.37. The van der Waals surface area contributed by atoms with Crippen molar-refractivity contribution in [2.24, 2.45) is 23.7 Å². The molecule has 2 saturated carbocycles. The number of rotatable bonds is 7. The maximum Gasteiger partial charge on any atom is 0.145 e.